The zero-order valence-electron chi connectivity index (χ0n) is 15.8. The number of nitrogens with one attached hydrogen (secondary N) is 2. The molecule has 0 aliphatic carbocycles. The van der Waals surface area contributed by atoms with E-state index in [9.17, 15) is 13.2 Å². The SMILES string of the molecule is CC(C)CS(=O)(=O)c1nc2ccc(NC(=O)Nc3ccc4c(c3)OCO4)cc2s1. The Bertz CT molecular complexity index is 1190. The standard InChI is InChI=1S/C19H19N3O5S2/c1-11(2)9-29(24,25)19-22-14-5-3-13(8-17(14)28-19)21-18(23)20-12-4-6-15-16(7-12)27-10-26-15/h3-8,11H,9-10H2,1-2H3,(H2,20,21,23). The number of thiazole rings is 1. The predicted molar refractivity (Wildman–Crippen MR) is 112 cm³/mol. The molecule has 1 aliphatic heterocycles. The highest BCUT2D eigenvalue weighted by molar-refractivity contribution is 7.93. The van der Waals surface area contributed by atoms with Crippen LogP contribution < -0.4 is 20.1 Å². The van der Waals surface area contributed by atoms with Crippen LogP contribution in [0.3, 0.4) is 0 Å². The zero-order valence-corrected chi connectivity index (χ0v) is 17.4. The highest BCUT2D eigenvalue weighted by atomic mass is 32.2. The molecule has 0 radical (unpaired) electrons. The first-order valence-corrected chi connectivity index (χ1v) is 11.4. The molecule has 4 rings (SSSR count). The summed E-state index contributed by atoms with van der Waals surface area (Å²) in [5.74, 6) is 1.28. The number of aromatic nitrogens is 1. The number of carbonyl (C=O) groups excluding carboxylic acids is 1. The minimum atomic E-state index is -3.42. The van der Waals surface area contributed by atoms with Crippen molar-refractivity contribution in [2.24, 2.45) is 5.92 Å². The van der Waals surface area contributed by atoms with Gasteiger partial charge in [0.15, 0.2) is 11.5 Å². The van der Waals surface area contributed by atoms with Crippen molar-refractivity contribution in [3.05, 3.63) is 36.4 Å². The molecule has 2 heterocycles. The molecule has 2 N–H and O–H groups in total. The monoisotopic (exact) mass is 433 g/mol. The van der Waals surface area contributed by atoms with Crippen molar-refractivity contribution in [1.29, 1.82) is 0 Å². The van der Waals surface area contributed by atoms with Crippen LogP contribution in [0.5, 0.6) is 11.5 Å². The van der Waals surface area contributed by atoms with Gasteiger partial charge in [-0.15, -0.1) is 11.3 Å². The number of nitrogens with zero attached hydrogens (tertiary/aromatic N) is 1. The number of sulfone groups is 1. The molecule has 0 spiro atoms. The van der Waals surface area contributed by atoms with Gasteiger partial charge in [-0.05, 0) is 36.2 Å². The maximum atomic E-state index is 12.4. The fourth-order valence-electron chi connectivity index (χ4n) is 2.89. The first-order valence-electron chi connectivity index (χ1n) is 8.91. The fourth-order valence-corrected chi connectivity index (χ4v) is 5.87. The number of anilines is 2. The smallest absolute Gasteiger partial charge is 0.323 e. The van der Waals surface area contributed by atoms with Crippen molar-refractivity contribution in [3.63, 3.8) is 0 Å². The zero-order chi connectivity index (χ0) is 20.6. The van der Waals surface area contributed by atoms with Gasteiger partial charge in [-0.1, -0.05) is 13.8 Å². The van der Waals surface area contributed by atoms with Gasteiger partial charge in [0, 0.05) is 17.4 Å². The van der Waals surface area contributed by atoms with E-state index in [2.05, 4.69) is 15.6 Å². The van der Waals surface area contributed by atoms with Gasteiger partial charge in [0.25, 0.3) is 0 Å². The maximum absolute atomic E-state index is 12.4. The van der Waals surface area contributed by atoms with E-state index in [0.29, 0.717) is 33.1 Å². The lowest BCUT2D eigenvalue weighted by molar-refractivity contribution is 0.174. The molecule has 0 unspecified atom stereocenters. The van der Waals surface area contributed by atoms with Gasteiger partial charge in [-0.2, -0.15) is 0 Å². The van der Waals surface area contributed by atoms with Crippen molar-refractivity contribution in [3.8, 4) is 11.5 Å². The van der Waals surface area contributed by atoms with Crippen LogP contribution in [0, 0.1) is 5.92 Å². The fraction of sp³-hybridized carbons (Fsp3) is 0.263. The summed E-state index contributed by atoms with van der Waals surface area (Å²) < 4.78 is 36.1. The van der Waals surface area contributed by atoms with E-state index >= 15 is 0 Å². The average Bonchev–Trinajstić information content (AvgIpc) is 3.26. The van der Waals surface area contributed by atoms with E-state index in [1.165, 1.54) is 0 Å². The normalized spacial score (nSPS) is 13.1. The summed E-state index contributed by atoms with van der Waals surface area (Å²) in [5, 5.41) is 5.46. The number of carbonyl (C=O) groups is 1. The predicted octanol–water partition coefficient (Wildman–Crippen LogP) is 4.10. The Balaban J connectivity index is 1.48. The van der Waals surface area contributed by atoms with Crippen LogP contribution in [-0.4, -0.2) is 32.0 Å². The molecule has 8 nitrogen and oxygen atoms in total. The Morgan fingerprint density at radius 3 is 2.55 bits per heavy atom. The van der Waals surface area contributed by atoms with Gasteiger partial charge >= 0.3 is 6.03 Å². The van der Waals surface area contributed by atoms with E-state index in [4.69, 9.17) is 9.47 Å². The number of benzene rings is 2. The quantitative estimate of drug-likeness (QED) is 0.627. The molecule has 1 aliphatic rings. The molecule has 3 aromatic rings. The Morgan fingerprint density at radius 1 is 1.10 bits per heavy atom. The maximum Gasteiger partial charge on any atom is 0.323 e. The van der Waals surface area contributed by atoms with Crippen molar-refractivity contribution in [2.75, 3.05) is 23.2 Å². The second kappa shape index (κ2) is 7.53. The first kappa shape index (κ1) is 19.5. The molecule has 0 saturated carbocycles. The number of urea groups is 1. The molecule has 0 atom stereocenters. The third kappa shape index (κ3) is 4.28. The largest absolute Gasteiger partial charge is 0.454 e. The lowest BCUT2D eigenvalue weighted by atomic mass is 10.3. The molecular weight excluding hydrogens is 414 g/mol. The number of hydrogen-bond donors (Lipinski definition) is 2. The molecule has 152 valence electrons. The number of hydrogen-bond acceptors (Lipinski definition) is 7. The lowest BCUT2D eigenvalue weighted by Crippen LogP contribution is -2.19. The molecular formula is C19H19N3O5S2. The van der Waals surface area contributed by atoms with E-state index in [1.54, 1.807) is 36.4 Å². The second-order valence-corrected chi connectivity index (χ2v) is 10.2. The minimum Gasteiger partial charge on any atom is -0.454 e. The van der Waals surface area contributed by atoms with Crippen molar-refractivity contribution < 1.29 is 22.7 Å². The molecule has 29 heavy (non-hydrogen) atoms. The van der Waals surface area contributed by atoms with E-state index in [0.717, 1.165) is 11.3 Å². The van der Waals surface area contributed by atoms with Crippen molar-refractivity contribution in [1.82, 2.24) is 4.98 Å². The van der Waals surface area contributed by atoms with Gasteiger partial charge < -0.3 is 20.1 Å². The summed E-state index contributed by atoms with van der Waals surface area (Å²) in [6, 6.07) is 9.77. The van der Waals surface area contributed by atoms with Crippen LogP contribution in [0.4, 0.5) is 16.2 Å². The van der Waals surface area contributed by atoms with E-state index in [1.807, 2.05) is 13.8 Å². The van der Waals surface area contributed by atoms with Crippen LogP contribution in [0.2, 0.25) is 0 Å². The summed E-state index contributed by atoms with van der Waals surface area (Å²) in [6.45, 7) is 3.87. The summed E-state index contributed by atoms with van der Waals surface area (Å²) in [4.78, 5) is 16.5. The number of rotatable bonds is 5. The first-order chi connectivity index (χ1) is 13.8. The Morgan fingerprint density at radius 2 is 1.79 bits per heavy atom. The summed E-state index contributed by atoms with van der Waals surface area (Å²) >= 11 is 1.10. The molecule has 2 aromatic carbocycles. The van der Waals surface area contributed by atoms with Gasteiger partial charge in [0.05, 0.1) is 16.0 Å². The molecule has 10 heteroatoms. The summed E-state index contributed by atoms with van der Waals surface area (Å²) in [6.07, 6.45) is 0. The highest BCUT2D eigenvalue weighted by Gasteiger charge is 2.21. The van der Waals surface area contributed by atoms with Crippen LogP contribution in [0.15, 0.2) is 40.7 Å². The summed E-state index contributed by atoms with van der Waals surface area (Å²) in [7, 11) is -3.42. The van der Waals surface area contributed by atoms with Gasteiger partial charge in [-0.25, -0.2) is 18.2 Å². The lowest BCUT2D eigenvalue weighted by Gasteiger charge is -2.08. The second-order valence-electron chi connectivity index (χ2n) is 6.98. The topological polar surface area (TPSA) is 107 Å². The van der Waals surface area contributed by atoms with Crippen LogP contribution in [0.25, 0.3) is 10.2 Å². The highest BCUT2D eigenvalue weighted by Crippen LogP contribution is 2.34. The molecule has 2 amide bonds. The van der Waals surface area contributed by atoms with Gasteiger partial charge in [0.1, 0.15) is 0 Å². The Labute approximate surface area is 171 Å². The number of ether oxygens (including phenoxy) is 2. The van der Waals surface area contributed by atoms with Crippen LogP contribution >= 0.6 is 11.3 Å². The Kier molecular flexibility index (Phi) is 5.05. The summed E-state index contributed by atoms with van der Waals surface area (Å²) in [5.41, 5.74) is 1.68. The minimum absolute atomic E-state index is 0.0177. The van der Waals surface area contributed by atoms with Gasteiger partial charge in [0.2, 0.25) is 21.0 Å². The number of amides is 2. The van der Waals surface area contributed by atoms with Crippen molar-refractivity contribution >= 4 is 48.8 Å². The molecule has 1 aromatic heterocycles. The third-order valence-corrected chi connectivity index (χ3v) is 7.63. The van der Waals surface area contributed by atoms with E-state index in [-0.39, 0.29) is 22.8 Å². The average molecular weight is 434 g/mol. The van der Waals surface area contributed by atoms with Crippen LogP contribution in [-0.2, 0) is 9.84 Å². The molecule has 0 saturated heterocycles. The van der Waals surface area contributed by atoms with Crippen molar-refractivity contribution in [2.45, 2.75) is 18.2 Å². The van der Waals surface area contributed by atoms with E-state index < -0.39 is 15.9 Å². The molecule has 0 bridgehead atoms. The molecule has 0 fully saturated rings. The Hall–Kier alpha value is -2.85. The van der Waals surface area contributed by atoms with Crippen LogP contribution in [0.1, 0.15) is 13.8 Å². The number of fused-ring (bicyclic) bond motifs is 2. The third-order valence-electron chi connectivity index (χ3n) is 4.08. The van der Waals surface area contributed by atoms with Gasteiger partial charge in [-0.3, -0.25) is 0 Å².